The maximum atomic E-state index is 13.0. The Hall–Kier alpha value is -2.37. The fourth-order valence-corrected chi connectivity index (χ4v) is 3.11. The molecule has 3 heterocycles. The van der Waals surface area contributed by atoms with Gasteiger partial charge in [0.25, 0.3) is 5.91 Å². The zero-order chi connectivity index (χ0) is 16.2. The molecule has 2 aromatic rings. The summed E-state index contributed by atoms with van der Waals surface area (Å²) in [7, 11) is 1.57. The number of hydrogen-bond acceptors (Lipinski definition) is 4. The van der Waals surface area contributed by atoms with Crippen LogP contribution in [0.5, 0.6) is 5.88 Å². The Balaban J connectivity index is 1.90. The Morgan fingerprint density at radius 1 is 1.35 bits per heavy atom. The minimum Gasteiger partial charge on any atom is -0.481 e. The molecule has 0 N–H and O–H groups in total. The number of imidazole rings is 1. The molecule has 0 bridgehead atoms. The zero-order valence-corrected chi connectivity index (χ0v) is 13.6. The fourth-order valence-electron chi connectivity index (χ4n) is 3.11. The number of aryl methyl sites for hydroxylation is 1. The third-order valence-electron chi connectivity index (χ3n) is 4.24. The molecule has 1 unspecified atom stereocenters. The molecule has 0 spiro atoms. The predicted molar refractivity (Wildman–Crippen MR) is 86.3 cm³/mol. The fraction of sp³-hybridized carbons (Fsp3) is 0.471. The number of rotatable bonds is 4. The molecule has 6 nitrogen and oxygen atoms in total. The quantitative estimate of drug-likeness (QED) is 0.870. The molecule has 1 amide bonds. The maximum absolute atomic E-state index is 13.0. The second kappa shape index (κ2) is 6.81. The van der Waals surface area contributed by atoms with E-state index >= 15 is 0 Å². The zero-order valence-electron chi connectivity index (χ0n) is 13.6. The molecule has 1 aliphatic heterocycles. The van der Waals surface area contributed by atoms with Crippen LogP contribution in [0.4, 0.5) is 0 Å². The van der Waals surface area contributed by atoms with E-state index in [1.165, 1.54) is 0 Å². The first kappa shape index (κ1) is 15.5. The molecule has 1 aliphatic rings. The molecule has 0 aromatic carbocycles. The van der Waals surface area contributed by atoms with E-state index in [-0.39, 0.29) is 11.9 Å². The Morgan fingerprint density at radius 3 is 2.91 bits per heavy atom. The number of aromatic nitrogens is 3. The lowest BCUT2D eigenvalue weighted by Crippen LogP contribution is -2.35. The molecule has 23 heavy (non-hydrogen) atoms. The van der Waals surface area contributed by atoms with Gasteiger partial charge < -0.3 is 14.2 Å². The number of amides is 1. The summed E-state index contributed by atoms with van der Waals surface area (Å²) in [5.41, 5.74) is 0.590. The summed E-state index contributed by atoms with van der Waals surface area (Å²) in [5, 5.41) is 0. The van der Waals surface area contributed by atoms with Crippen molar-refractivity contribution < 1.29 is 9.53 Å². The van der Waals surface area contributed by atoms with E-state index in [0.717, 1.165) is 38.2 Å². The van der Waals surface area contributed by atoms with Crippen molar-refractivity contribution in [3.63, 3.8) is 0 Å². The van der Waals surface area contributed by atoms with Crippen LogP contribution in [0, 0.1) is 0 Å². The highest BCUT2D eigenvalue weighted by molar-refractivity contribution is 5.94. The van der Waals surface area contributed by atoms with Gasteiger partial charge in [0.1, 0.15) is 5.82 Å². The van der Waals surface area contributed by atoms with Crippen LogP contribution in [0.2, 0.25) is 0 Å². The summed E-state index contributed by atoms with van der Waals surface area (Å²) in [5.74, 6) is 1.51. The number of methoxy groups -OCH3 is 1. The van der Waals surface area contributed by atoms with Crippen LogP contribution in [-0.4, -0.2) is 39.0 Å². The van der Waals surface area contributed by atoms with Crippen molar-refractivity contribution in [3.05, 3.63) is 42.1 Å². The van der Waals surface area contributed by atoms with Gasteiger partial charge >= 0.3 is 0 Å². The SMILES string of the molecule is CCCC1c2nccn2CCCN1C(=O)c1ccc(OC)nc1. The number of carbonyl (C=O) groups is 1. The lowest BCUT2D eigenvalue weighted by Gasteiger charge is -2.29. The third kappa shape index (κ3) is 3.06. The second-order valence-electron chi connectivity index (χ2n) is 5.72. The minimum atomic E-state index is 0.00931. The molecule has 0 radical (unpaired) electrons. The van der Waals surface area contributed by atoms with Crippen molar-refractivity contribution >= 4 is 5.91 Å². The Morgan fingerprint density at radius 2 is 2.22 bits per heavy atom. The summed E-state index contributed by atoms with van der Waals surface area (Å²) in [4.78, 5) is 23.6. The topological polar surface area (TPSA) is 60.2 Å². The average molecular weight is 314 g/mol. The Bertz CT molecular complexity index is 665. The highest BCUT2D eigenvalue weighted by Crippen LogP contribution is 2.29. The van der Waals surface area contributed by atoms with Crippen LogP contribution < -0.4 is 4.74 Å². The number of nitrogens with zero attached hydrogens (tertiary/aromatic N) is 4. The normalized spacial score (nSPS) is 17.5. The van der Waals surface area contributed by atoms with Crippen LogP contribution in [0.15, 0.2) is 30.7 Å². The van der Waals surface area contributed by atoms with Gasteiger partial charge in [-0.2, -0.15) is 0 Å². The summed E-state index contributed by atoms with van der Waals surface area (Å²) in [6.07, 6.45) is 8.25. The van der Waals surface area contributed by atoms with Crippen LogP contribution in [0.25, 0.3) is 0 Å². The molecule has 0 fully saturated rings. The summed E-state index contributed by atoms with van der Waals surface area (Å²) in [6, 6.07) is 3.52. The summed E-state index contributed by atoms with van der Waals surface area (Å²) in [6.45, 7) is 3.77. The molecule has 0 aliphatic carbocycles. The van der Waals surface area contributed by atoms with Gasteiger partial charge in [0.2, 0.25) is 5.88 Å². The first-order valence-electron chi connectivity index (χ1n) is 8.06. The first-order chi connectivity index (χ1) is 11.2. The second-order valence-corrected chi connectivity index (χ2v) is 5.72. The number of fused-ring (bicyclic) bond motifs is 1. The smallest absolute Gasteiger partial charge is 0.256 e. The van der Waals surface area contributed by atoms with Crippen molar-refractivity contribution in [2.24, 2.45) is 0 Å². The average Bonchev–Trinajstić information content (AvgIpc) is 2.98. The number of hydrogen-bond donors (Lipinski definition) is 0. The highest BCUT2D eigenvalue weighted by Gasteiger charge is 2.30. The molecule has 0 saturated heterocycles. The molecule has 1 atom stereocenters. The summed E-state index contributed by atoms with van der Waals surface area (Å²) < 4.78 is 7.23. The minimum absolute atomic E-state index is 0.00931. The largest absolute Gasteiger partial charge is 0.481 e. The van der Waals surface area contributed by atoms with Crippen LogP contribution in [-0.2, 0) is 6.54 Å². The van der Waals surface area contributed by atoms with E-state index in [4.69, 9.17) is 4.74 Å². The standard InChI is InChI=1S/C17H22N4O2/c1-3-5-14-16-18-8-11-20(16)9-4-10-21(14)17(22)13-6-7-15(23-2)19-12-13/h6-8,11-12,14H,3-5,9-10H2,1-2H3. The van der Waals surface area contributed by atoms with E-state index in [1.54, 1.807) is 25.4 Å². The van der Waals surface area contributed by atoms with Crippen molar-refractivity contribution in [3.8, 4) is 5.88 Å². The van der Waals surface area contributed by atoms with Gasteiger partial charge in [0, 0.05) is 37.7 Å². The maximum Gasteiger partial charge on any atom is 0.256 e. The lowest BCUT2D eigenvalue weighted by molar-refractivity contribution is 0.0664. The van der Waals surface area contributed by atoms with Crippen molar-refractivity contribution in [1.82, 2.24) is 19.4 Å². The molecule has 6 heteroatoms. The third-order valence-corrected chi connectivity index (χ3v) is 4.24. The monoisotopic (exact) mass is 314 g/mol. The molecule has 122 valence electrons. The van der Waals surface area contributed by atoms with Crippen LogP contribution in [0.3, 0.4) is 0 Å². The highest BCUT2D eigenvalue weighted by atomic mass is 16.5. The van der Waals surface area contributed by atoms with Gasteiger partial charge in [-0.1, -0.05) is 13.3 Å². The molecule has 2 aromatic heterocycles. The van der Waals surface area contributed by atoms with Gasteiger partial charge in [-0.15, -0.1) is 0 Å². The van der Waals surface area contributed by atoms with Crippen molar-refractivity contribution in [2.45, 2.75) is 38.8 Å². The van der Waals surface area contributed by atoms with Crippen molar-refractivity contribution in [2.75, 3.05) is 13.7 Å². The summed E-state index contributed by atoms with van der Waals surface area (Å²) >= 11 is 0. The van der Waals surface area contributed by atoms with E-state index in [1.807, 2.05) is 17.3 Å². The van der Waals surface area contributed by atoms with E-state index in [0.29, 0.717) is 11.4 Å². The predicted octanol–water partition coefficient (Wildman–Crippen LogP) is 2.67. The van der Waals surface area contributed by atoms with Gasteiger partial charge in [-0.3, -0.25) is 4.79 Å². The van der Waals surface area contributed by atoms with Crippen molar-refractivity contribution in [1.29, 1.82) is 0 Å². The van der Waals surface area contributed by atoms with E-state index in [9.17, 15) is 4.79 Å². The number of carbonyl (C=O) groups excluding carboxylic acids is 1. The van der Waals surface area contributed by atoms with E-state index < -0.39 is 0 Å². The lowest BCUT2D eigenvalue weighted by atomic mass is 10.1. The van der Waals surface area contributed by atoms with Crippen LogP contribution in [0.1, 0.15) is 48.4 Å². The van der Waals surface area contributed by atoms with Gasteiger partial charge in [-0.25, -0.2) is 9.97 Å². The molecular weight excluding hydrogens is 292 g/mol. The number of pyridine rings is 1. The van der Waals surface area contributed by atoms with Gasteiger partial charge in [-0.05, 0) is 18.9 Å². The van der Waals surface area contributed by atoms with Gasteiger partial charge in [0.05, 0.1) is 18.7 Å². The first-order valence-corrected chi connectivity index (χ1v) is 8.06. The molecule has 3 rings (SSSR count). The van der Waals surface area contributed by atoms with Crippen LogP contribution >= 0.6 is 0 Å². The van der Waals surface area contributed by atoms with Gasteiger partial charge in [0.15, 0.2) is 0 Å². The Kier molecular flexibility index (Phi) is 4.60. The molecule has 0 saturated carbocycles. The number of ether oxygens (including phenoxy) is 1. The molecular formula is C17H22N4O2. The Labute approximate surface area is 136 Å². The van der Waals surface area contributed by atoms with E-state index in [2.05, 4.69) is 21.5 Å².